The maximum absolute atomic E-state index is 11.8. The lowest BCUT2D eigenvalue weighted by Crippen LogP contribution is -2.42. The number of carbonyl (C=O) groups is 1. The van der Waals surface area contributed by atoms with Crippen LogP contribution in [-0.2, 0) is 4.79 Å². The van der Waals surface area contributed by atoms with E-state index in [1.54, 1.807) is 0 Å². The molecule has 1 aromatic heterocycles. The minimum absolute atomic E-state index is 0.0252. The summed E-state index contributed by atoms with van der Waals surface area (Å²) in [5.74, 6) is 0.814. The molecule has 0 saturated carbocycles. The maximum atomic E-state index is 11.8. The Bertz CT molecular complexity index is 451. The Morgan fingerprint density at radius 3 is 2.94 bits per heavy atom. The number of nitrogens with one attached hydrogen (secondary N) is 1. The second kappa shape index (κ2) is 4.24. The van der Waals surface area contributed by atoms with E-state index in [9.17, 15) is 4.79 Å². The predicted octanol–water partition coefficient (Wildman–Crippen LogP) is 1.57. The highest BCUT2D eigenvalue weighted by atomic mass is 16.2. The Morgan fingerprint density at radius 1 is 1.65 bits per heavy atom. The number of carbonyl (C=O) groups excluding carboxylic acids is 1. The van der Waals surface area contributed by atoms with E-state index in [-0.39, 0.29) is 18.0 Å². The third-order valence-corrected chi connectivity index (χ3v) is 3.25. The Labute approximate surface area is 101 Å². The van der Waals surface area contributed by atoms with E-state index in [0.29, 0.717) is 6.54 Å². The van der Waals surface area contributed by atoms with Gasteiger partial charge in [-0.05, 0) is 19.9 Å². The molecule has 0 bridgehead atoms. The van der Waals surface area contributed by atoms with Crippen molar-refractivity contribution in [2.45, 2.75) is 25.9 Å². The molecular weight excluding hydrogens is 216 g/mol. The molecule has 1 amide bonds. The summed E-state index contributed by atoms with van der Waals surface area (Å²) in [6.07, 6.45) is 1.37. The molecular formula is C12H18N4O. The van der Waals surface area contributed by atoms with Gasteiger partial charge in [0.25, 0.3) is 0 Å². The first-order valence-electron chi connectivity index (χ1n) is 5.78. The van der Waals surface area contributed by atoms with E-state index in [1.807, 2.05) is 29.6 Å². The van der Waals surface area contributed by atoms with Gasteiger partial charge in [0.1, 0.15) is 5.82 Å². The molecule has 2 atom stereocenters. The molecule has 0 saturated heterocycles. The van der Waals surface area contributed by atoms with E-state index in [1.165, 1.54) is 6.08 Å². The number of amides is 1. The van der Waals surface area contributed by atoms with Gasteiger partial charge in [0, 0.05) is 19.7 Å². The summed E-state index contributed by atoms with van der Waals surface area (Å²) in [4.78, 5) is 13.6. The lowest BCUT2D eigenvalue weighted by Gasteiger charge is -2.36. The molecule has 0 radical (unpaired) electrons. The van der Waals surface area contributed by atoms with Crippen LogP contribution in [0.3, 0.4) is 0 Å². The number of fused-ring (bicyclic) bond motifs is 1. The van der Waals surface area contributed by atoms with Crippen LogP contribution in [0.25, 0.3) is 0 Å². The van der Waals surface area contributed by atoms with Crippen molar-refractivity contribution in [2.75, 3.05) is 18.9 Å². The van der Waals surface area contributed by atoms with Crippen LogP contribution in [0.1, 0.15) is 31.6 Å². The molecule has 1 aliphatic heterocycles. The quantitative estimate of drug-likeness (QED) is 0.790. The zero-order valence-electron chi connectivity index (χ0n) is 10.5. The summed E-state index contributed by atoms with van der Waals surface area (Å²) in [7, 11) is 1.84. The first kappa shape index (κ1) is 11.7. The number of anilines is 1. The molecule has 0 spiro atoms. The van der Waals surface area contributed by atoms with Crippen LogP contribution in [0.2, 0.25) is 0 Å². The zero-order valence-corrected chi connectivity index (χ0v) is 10.5. The number of rotatable bonds is 2. The van der Waals surface area contributed by atoms with Gasteiger partial charge in [-0.3, -0.25) is 9.48 Å². The second-order valence-electron chi connectivity index (χ2n) is 4.37. The van der Waals surface area contributed by atoms with Crippen molar-refractivity contribution in [1.82, 2.24) is 14.7 Å². The van der Waals surface area contributed by atoms with Crippen molar-refractivity contribution < 1.29 is 4.79 Å². The average molecular weight is 234 g/mol. The van der Waals surface area contributed by atoms with E-state index >= 15 is 0 Å². The summed E-state index contributed by atoms with van der Waals surface area (Å²) in [5.41, 5.74) is 1.06. The van der Waals surface area contributed by atoms with Gasteiger partial charge in [0.05, 0.1) is 17.8 Å². The molecule has 2 heterocycles. The fraction of sp³-hybridized carbons (Fsp3) is 0.500. The highest BCUT2D eigenvalue weighted by molar-refractivity contribution is 5.87. The van der Waals surface area contributed by atoms with E-state index < -0.39 is 0 Å². The van der Waals surface area contributed by atoms with Crippen molar-refractivity contribution in [1.29, 1.82) is 0 Å². The van der Waals surface area contributed by atoms with Gasteiger partial charge in [-0.1, -0.05) is 6.58 Å². The predicted molar refractivity (Wildman–Crippen MR) is 66.8 cm³/mol. The molecule has 1 N–H and O–H groups in total. The van der Waals surface area contributed by atoms with Crippen LogP contribution in [0.15, 0.2) is 18.7 Å². The van der Waals surface area contributed by atoms with Crippen LogP contribution in [-0.4, -0.2) is 34.2 Å². The van der Waals surface area contributed by atoms with Crippen molar-refractivity contribution >= 4 is 11.7 Å². The molecule has 92 valence electrons. The van der Waals surface area contributed by atoms with Gasteiger partial charge in [0.15, 0.2) is 0 Å². The topological polar surface area (TPSA) is 50.2 Å². The number of hydrogen-bond donors (Lipinski definition) is 1. The number of hydrogen-bond acceptors (Lipinski definition) is 3. The number of nitrogens with zero attached hydrogens (tertiary/aromatic N) is 3. The summed E-state index contributed by atoms with van der Waals surface area (Å²) >= 11 is 0. The molecule has 17 heavy (non-hydrogen) atoms. The molecule has 5 nitrogen and oxygen atoms in total. The van der Waals surface area contributed by atoms with Crippen molar-refractivity contribution in [3.05, 3.63) is 24.4 Å². The SMILES string of the molecule is C=CC(=O)N1CC(C)n2nc(NC)cc2C1C. The second-order valence-corrected chi connectivity index (χ2v) is 4.37. The van der Waals surface area contributed by atoms with Gasteiger partial charge in [-0.25, -0.2) is 0 Å². The molecule has 2 unspecified atom stereocenters. The van der Waals surface area contributed by atoms with Gasteiger partial charge in [0.2, 0.25) is 5.91 Å². The van der Waals surface area contributed by atoms with Crippen LogP contribution < -0.4 is 5.32 Å². The average Bonchev–Trinajstić information content (AvgIpc) is 2.77. The standard InChI is InChI=1S/C12H18N4O/c1-5-12(17)15-7-8(2)16-10(9(15)3)6-11(13-4)14-16/h5-6,8-9H,1,7H2,2-4H3,(H,13,14). The highest BCUT2D eigenvalue weighted by Crippen LogP contribution is 2.31. The molecule has 5 heteroatoms. The largest absolute Gasteiger partial charge is 0.372 e. The lowest BCUT2D eigenvalue weighted by molar-refractivity contribution is -0.129. The summed E-state index contributed by atoms with van der Waals surface area (Å²) in [6, 6.07) is 2.21. The van der Waals surface area contributed by atoms with E-state index in [2.05, 4.69) is 23.9 Å². The van der Waals surface area contributed by atoms with Crippen LogP contribution >= 0.6 is 0 Å². The minimum Gasteiger partial charge on any atom is -0.372 e. The minimum atomic E-state index is -0.0252. The van der Waals surface area contributed by atoms with Crippen molar-refractivity contribution in [3.63, 3.8) is 0 Å². The van der Waals surface area contributed by atoms with Crippen LogP contribution in [0.4, 0.5) is 5.82 Å². The van der Waals surface area contributed by atoms with Gasteiger partial charge < -0.3 is 10.2 Å². The fourth-order valence-electron chi connectivity index (χ4n) is 2.27. The van der Waals surface area contributed by atoms with Gasteiger partial charge in [-0.2, -0.15) is 5.10 Å². The lowest BCUT2D eigenvalue weighted by atomic mass is 10.1. The molecule has 0 aromatic carbocycles. The van der Waals surface area contributed by atoms with Crippen molar-refractivity contribution in [2.24, 2.45) is 0 Å². The highest BCUT2D eigenvalue weighted by Gasteiger charge is 2.31. The van der Waals surface area contributed by atoms with Gasteiger partial charge in [-0.15, -0.1) is 0 Å². The molecule has 1 aromatic rings. The van der Waals surface area contributed by atoms with Crippen molar-refractivity contribution in [3.8, 4) is 0 Å². The zero-order chi connectivity index (χ0) is 12.6. The Hall–Kier alpha value is -1.78. The summed E-state index contributed by atoms with van der Waals surface area (Å²) in [5, 5.41) is 7.49. The monoisotopic (exact) mass is 234 g/mol. The van der Waals surface area contributed by atoms with Crippen LogP contribution in [0, 0.1) is 0 Å². The third kappa shape index (κ3) is 1.81. The summed E-state index contributed by atoms with van der Waals surface area (Å²) < 4.78 is 1.99. The van der Waals surface area contributed by atoms with E-state index in [0.717, 1.165) is 11.5 Å². The van der Waals surface area contributed by atoms with E-state index in [4.69, 9.17) is 0 Å². The molecule has 0 aliphatic carbocycles. The smallest absolute Gasteiger partial charge is 0.246 e. The molecule has 2 rings (SSSR count). The normalized spacial score (nSPS) is 23.1. The maximum Gasteiger partial charge on any atom is 0.246 e. The first-order valence-corrected chi connectivity index (χ1v) is 5.78. The molecule has 0 fully saturated rings. The molecule has 1 aliphatic rings. The Kier molecular flexibility index (Phi) is 2.92. The van der Waals surface area contributed by atoms with Crippen LogP contribution in [0.5, 0.6) is 0 Å². The number of aromatic nitrogens is 2. The fourth-order valence-corrected chi connectivity index (χ4v) is 2.27. The Morgan fingerprint density at radius 2 is 2.35 bits per heavy atom. The van der Waals surface area contributed by atoms with Gasteiger partial charge >= 0.3 is 0 Å². The first-order chi connectivity index (χ1) is 8.08. The third-order valence-electron chi connectivity index (χ3n) is 3.25. The summed E-state index contributed by atoms with van der Waals surface area (Å²) in [6.45, 7) is 8.29. The Balaban J connectivity index is 2.39.